The van der Waals surface area contributed by atoms with Gasteiger partial charge in [0.05, 0.1) is 18.4 Å². The number of thioether (sulfide) groups is 1. The minimum Gasteiger partial charge on any atom is -0.394 e. The van der Waals surface area contributed by atoms with Crippen molar-refractivity contribution in [2.24, 2.45) is 0 Å². The molecule has 1 aromatic carbocycles. The molecule has 2 N–H and O–H groups in total. The molecule has 1 amide bonds. The molecule has 0 bridgehead atoms. The summed E-state index contributed by atoms with van der Waals surface area (Å²) >= 11 is 4.92. The van der Waals surface area contributed by atoms with Gasteiger partial charge in [0.2, 0.25) is 5.91 Å². The highest BCUT2D eigenvalue weighted by molar-refractivity contribution is 9.10. The van der Waals surface area contributed by atoms with E-state index in [1.54, 1.807) is 0 Å². The fourth-order valence-corrected chi connectivity index (χ4v) is 2.76. The zero-order chi connectivity index (χ0) is 13.5. The van der Waals surface area contributed by atoms with Gasteiger partial charge in [-0.15, -0.1) is 11.8 Å². The molecular formula is C13H18BrNO2S. The Morgan fingerprint density at radius 3 is 2.83 bits per heavy atom. The molecule has 100 valence electrons. The molecule has 0 heterocycles. The van der Waals surface area contributed by atoms with Crippen LogP contribution in [0.2, 0.25) is 0 Å². The lowest BCUT2D eigenvalue weighted by Crippen LogP contribution is -2.37. The fraction of sp³-hybridized carbons (Fsp3) is 0.462. The summed E-state index contributed by atoms with van der Waals surface area (Å²) in [5.74, 6) is 0.335. The summed E-state index contributed by atoms with van der Waals surface area (Å²) in [5, 5.41) is 11.8. The van der Waals surface area contributed by atoms with Crippen LogP contribution in [-0.2, 0) is 4.79 Å². The number of amides is 1. The minimum absolute atomic E-state index is 0.00970. The summed E-state index contributed by atoms with van der Waals surface area (Å²) in [6.07, 6.45) is 0.740. The molecule has 0 aliphatic heterocycles. The molecule has 5 heteroatoms. The van der Waals surface area contributed by atoms with E-state index in [0.29, 0.717) is 5.75 Å². The van der Waals surface area contributed by atoms with E-state index in [1.165, 1.54) is 11.8 Å². The molecule has 18 heavy (non-hydrogen) atoms. The number of aliphatic hydroxyl groups excluding tert-OH is 1. The van der Waals surface area contributed by atoms with Gasteiger partial charge in [0.1, 0.15) is 0 Å². The average Bonchev–Trinajstić information content (AvgIpc) is 2.35. The standard InChI is InChI=1S/C13H18BrNO2S/c1-3-11(7-16)15-13(17)8-18-12-5-4-10(14)6-9(12)2/h4-6,11,16H,3,7-8H2,1-2H3,(H,15,17). The van der Waals surface area contributed by atoms with Crippen LogP contribution in [-0.4, -0.2) is 29.4 Å². The summed E-state index contributed by atoms with van der Waals surface area (Å²) in [6, 6.07) is 5.86. The van der Waals surface area contributed by atoms with Crippen molar-refractivity contribution in [3.05, 3.63) is 28.2 Å². The lowest BCUT2D eigenvalue weighted by molar-refractivity contribution is -0.119. The second-order valence-electron chi connectivity index (χ2n) is 4.05. The first-order valence-electron chi connectivity index (χ1n) is 5.86. The van der Waals surface area contributed by atoms with Crippen LogP contribution in [0.4, 0.5) is 0 Å². The Labute approximate surface area is 120 Å². The highest BCUT2D eigenvalue weighted by atomic mass is 79.9. The Balaban J connectivity index is 2.47. The molecule has 1 rings (SSSR count). The molecule has 0 saturated carbocycles. The normalized spacial score (nSPS) is 12.2. The Hall–Kier alpha value is -0.520. The van der Waals surface area contributed by atoms with Gasteiger partial charge < -0.3 is 10.4 Å². The Morgan fingerprint density at radius 2 is 2.28 bits per heavy atom. The molecule has 0 fully saturated rings. The molecular weight excluding hydrogens is 314 g/mol. The first-order chi connectivity index (χ1) is 8.56. The maximum Gasteiger partial charge on any atom is 0.230 e. The number of benzene rings is 1. The SMILES string of the molecule is CCC(CO)NC(=O)CSc1ccc(Br)cc1C. The second-order valence-corrected chi connectivity index (χ2v) is 5.99. The van der Waals surface area contributed by atoms with Gasteiger partial charge in [-0.25, -0.2) is 0 Å². The van der Waals surface area contributed by atoms with Gasteiger partial charge in [0.15, 0.2) is 0 Å². The molecule has 1 atom stereocenters. The third kappa shape index (κ3) is 5.00. The zero-order valence-electron chi connectivity index (χ0n) is 10.6. The molecule has 3 nitrogen and oxygen atoms in total. The highest BCUT2D eigenvalue weighted by Crippen LogP contribution is 2.25. The van der Waals surface area contributed by atoms with Crippen molar-refractivity contribution in [3.8, 4) is 0 Å². The quantitative estimate of drug-likeness (QED) is 0.788. The summed E-state index contributed by atoms with van der Waals surface area (Å²) in [6.45, 7) is 3.95. The van der Waals surface area contributed by atoms with Gasteiger partial charge in [-0.2, -0.15) is 0 Å². The molecule has 0 aliphatic rings. The number of carbonyl (C=O) groups is 1. The van der Waals surface area contributed by atoms with E-state index >= 15 is 0 Å². The van der Waals surface area contributed by atoms with Crippen molar-refractivity contribution in [3.63, 3.8) is 0 Å². The third-order valence-corrected chi connectivity index (χ3v) is 4.24. The van der Waals surface area contributed by atoms with E-state index < -0.39 is 0 Å². The summed E-state index contributed by atoms with van der Waals surface area (Å²) in [5.41, 5.74) is 1.15. The van der Waals surface area contributed by atoms with Gasteiger partial charge in [-0.3, -0.25) is 4.79 Å². The van der Waals surface area contributed by atoms with Crippen LogP contribution in [0.25, 0.3) is 0 Å². The molecule has 0 saturated heterocycles. The molecule has 0 aromatic heterocycles. The van der Waals surface area contributed by atoms with Gasteiger partial charge >= 0.3 is 0 Å². The lowest BCUT2D eigenvalue weighted by Gasteiger charge is -2.14. The van der Waals surface area contributed by atoms with Crippen LogP contribution < -0.4 is 5.32 Å². The Kier molecular flexibility index (Phi) is 6.75. The van der Waals surface area contributed by atoms with Crippen LogP contribution in [0.5, 0.6) is 0 Å². The van der Waals surface area contributed by atoms with Crippen molar-refractivity contribution in [1.29, 1.82) is 0 Å². The first-order valence-corrected chi connectivity index (χ1v) is 7.63. The monoisotopic (exact) mass is 331 g/mol. The number of hydrogen-bond donors (Lipinski definition) is 2. The van der Waals surface area contributed by atoms with Crippen molar-refractivity contribution in [2.75, 3.05) is 12.4 Å². The summed E-state index contributed by atoms with van der Waals surface area (Å²) in [4.78, 5) is 12.8. The van der Waals surface area contributed by atoms with Crippen LogP contribution in [0.15, 0.2) is 27.6 Å². The summed E-state index contributed by atoms with van der Waals surface area (Å²) in [7, 11) is 0. The van der Waals surface area contributed by atoms with Crippen LogP contribution >= 0.6 is 27.7 Å². The summed E-state index contributed by atoms with van der Waals surface area (Å²) < 4.78 is 1.04. The first kappa shape index (κ1) is 15.5. The number of hydrogen-bond acceptors (Lipinski definition) is 3. The number of carbonyl (C=O) groups excluding carboxylic acids is 1. The van der Waals surface area contributed by atoms with Crippen molar-refractivity contribution >= 4 is 33.6 Å². The zero-order valence-corrected chi connectivity index (χ0v) is 13.0. The van der Waals surface area contributed by atoms with Crippen molar-refractivity contribution < 1.29 is 9.90 Å². The van der Waals surface area contributed by atoms with Crippen molar-refractivity contribution in [2.45, 2.75) is 31.2 Å². The van der Waals surface area contributed by atoms with Gasteiger partial charge in [0, 0.05) is 9.37 Å². The maximum absolute atomic E-state index is 11.7. The van der Waals surface area contributed by atoms with E-state index in [4.69, 9.17) is 5.11 Å². The third-order valence-electron chi connectivity index (χ3n) is 2.57. The topological polar surface area (TPSA) is 49.3 Å². The van der Waals surface area contributed by atoms with Gasteiger partial charge in [0.25, 0.3) is 0 Å². The smallest absolute Gasteiger partial charge is 0.230 e. The maximum atomic E-state index is 11.7. The van der Waals surface area contributed by atoms with Crippen LogP contribution in [0.3, 0.4) is 0 Å². The fourth-order valence-electron chi connectivity index (χ4n) is 1.46. The van der Waals surface area contributed by atoms with E-state index in [9.17, 15) is 4.79 Å². The number of aliphatic hydroxyl groups is 1. The second kappa shape index (κ2) is 7.81. The molecule has 1 aromatic rings. The number of halogens is 1. The largest absolute Gasteiger partial charge is 0.394 e. The highest BCUT2D eigenvalue weighted by Gasteiger charge is 2.10. The minimum atomic E-state index is -0.135. The number of aryl methyl sites for hydroxylation is 1. The predicted molar refractivity (Wildman–Crippen MR) is 78.9 cm³/mol. The van der Waals surface area contributed by atoms with E-state index in [-0.39, 0.29) is 18.6 Å². The Morgan fingerprint density at radius 1 is 1.56 bits per heavy atom. The number of rotatable bonds is 6. The van der Waals surface area contributed by atoms with E-state index in [1.807, 2.05) is 32.0 Å². The molecule has 0 radical (unpaired) electrons. The molecule has 1 unspecified atom stereocenters. The van der Waals surface area contributed by atoms with Gasteiger partial charge in [-0.1, -0.05) is 22.9 Å². The van der Waals surface area contributed by atoms with Gasteiger partial charge in [-0.05, 0) is 37.1 Å². The van der Waals surface area contributed by atoms with E-state index in [2.05, 4.69) is 21.2 Å². The Bertz CT molecular complexity index is 408. The van der Waals surface area contributed by atoms with Crippen molar-refractivity contribution in [1.82, 2.24) is 5.32 Å². The average molecular weight is 332 g/mol. The predicted octanol–water partition coefficient (Wildman–Crippen LogP) is 2.74. The number of nitrogens with one attached hydrogen (secondary N) is 1. The van der Waals surface area contributed by atoms with Crippen LogP contribution in [0, 0.1) is 6.92 Å². The lowest BCUT2D eigenvalue weighted by atomic mass is 10.2. The molecule has 0 spiro atoms. The molecule has 0 aliphatic carbocycles. The van der Waals surface area contributed by atoms with Crippen LogP contribution in [0.1, 0.15) is 18.9 Å². The van der Waals surface area contributed by atoms with E-state index in [0.717, 1.165) is 21.4 Å².